The van der Waals surface area contributed by atoms with Crippen LogP contribution in [0, 0.1) is 5.92 Å². The van der Waals surface area contributed by atoms with Crippen LogP contribution in [0.25, 0.3) is 0 Å². The summed E-state index contributed by atoms with van der Waals surface area (Å²) in [6, 6.07) is 1.75. The first-order valence-corrected chi connectivity index (χ1v) is 6.49. The van der Waals surface area contributed by atoms with Crippen LogP contribution in [0.15, 0.2) is 12.3 Å². The highest BCUT2D eigenvalue weighted by Gasteiger charge is 2.15. The Morgan fingerprint density at radius 3 is 2.65 bits per heavy atom. The predicted octanol–water partition coefficient (Wildman–Crippen LogP) is 4.17. The first-order chi connectivity index (χ1) is 7.95. The third-order valence-electron chi connectivity index (χ3n) is 2.80. The summed E-state index contributed by atoms with van der Waals surface area (Å²) in [6.45, 7) is 4.13. The van der Waals surface area contributed by atoms with Gasteiger partial charge in [0.25, 0.3) is 0 Å². The van der Waals surface area contributed by atoms with Crippen LogP contribution in [-0.4, -0.2) is 23.1 Å². The number of nitrogens with zero attached hydrogens (tertiary/aromatic N) is 1. The Morgan fingerprint density at radius 1 is 1.47 bits per heavy atom. The Labute approximate surface area is 117 Å². The van der Waals surface area contributed by atoms with Crippen LogP contribution in [0.5, 0.6) is 0 Å². The predicted molar refractivity (Wildman–Crippen MR) is 76.2 cm³/mol. The van der Waals surface area contributed by atoms with E-state index in [-0.39, 0.29) is 6.10 Å². The molecule has 0 aromatic carbocycles. The van der Waals surface area contributed by atoms with Gasteiger partial charge >= 0.3 is 0 Å². The fourth-order valence-corrected chi connectivity index (χ4v) is 2.03. The van der Waals surface area contributed by atoms with Crippen LogP contribution in [0.1, 0.15) is 25.8 Å². The van der Waals surface area contributed by atoms with Gasteiger partial charge in [0.15, 0.2) is 0 Å². The van der Waals surface area contributed by atoms with Crippen LogP contribution < -0.4 is 0 Å². The van der Waals surface area contributed by atoms with Gasteiger partial charge in [0.05, 0.1) is 11.1 Å². The van der Waals surface area contributed by atoms with Gasteiger partial charge in [-0.25, -0.2) is 4.98 Å². The SMILES string of the molecule is COC(C)C(C)CC(=S)c1cnc(Cl)c(Cl)c1. The number of methoxy groups -OCH3 is 1. The van der Waals surface area contributed by atoms with Gasteiger partial charge < -0.3 is 4.74 Å². The summed E-state index contributed by atoms with van der Waals surface area (Å²) in [5, 5.41) is 0.732. The van der Waals surface area contributed by atoms with Gasteiger partial charge in [0.1, 0.15) is 5.15 Å². The zero-order chi connectivity index (χ0) is 13.0. The minimum absolute atomic E-state index is 0.170. The number of ether oxygens (including phenoxy) is 1. The lowest BCUT2D eigenvalue weighted by molar-refractivity contribution is 0.0766. The highest BCUT2D eigenvalue weighted by atomic mass is 35.5. The van der Waals surface area contributed by atoms with Crippen molar-refractivity contribution in [1.29, 1.82) is 0 Å². The molecular formula is C12H15Cl2NOS. The van der Waals surface area contributed by atoms with E-state index in [0.717, 1.165) is 16.8 Å². The molecule has 2 atom stereocenters. The second-order valence-corrected chi connectivity index (χ2v) is 5.30. The van der Waals surface area contributed by atoms with E-state index < -0.39 is 0 Å². The van der Waals surface area contributed by atoms with Crippen LogP contribution in [0.4, 0.5) is 0 Å². The molecule has 0 saturated carbocycles. The molecule has 1 aromatic rings. The molecule has 0 aliphatic carbocycles. The monoisotopic (exact) mass is 291 g/mol. The first kappa shape index (κ1) is 14.8. The molecule has 2 unspecified atom stereocenters. The van der Waals surface area contributed by atoms with E-state index in [0.29, 0.717) is 16.1 Å². The molecule has 1 aromatic heterocycles. The maximum Gasteiger partial charge on any atom is 0.147 e. The lowest BCUT2D eigenvalue weighted by atomic mass is 9.97. The Kier molecular flexibility index (Phi) is 5.80. The molecule has 0 fully saturated rings. The fraction of sp³-hybridized carbons (Fsp3) is 0.500. The van der Waals surface area contributed by atoms with Gasteiger partial charge in [-0.2, -0.15) is 0 Å². The molecule has 94 valence electrons. The van der Waals surface area contributed by atoms with E-state index in [4.69, 9.17) is 40.2 Å². The van der Waals surface area contributed by atoms with Crippen molar-refractivity contribution in [3.8, 4) is 0 Å². The number of aromatic nitrogens is 1. The molecule has 0 radical (unpaired) electrons. The van der Waals surface area contributed by atoms with Crippen molar-refractivity contribution in [3.63, 3.8) is 0 Å². The largest absolute Gasteiger partial charge is 0.381 e. The van der Waals surface area contributed by atoms with E-state index in [1.807, 2.05) is 6.92 Å². The minimum atomic E-state index is 0.170. The number of hydrogen-bond donors (Lipinski definition) is 0. The standard InChI is InChI=1S/C12H15Cl2NOS/c1-7(8(2)16-3)4-11(17)9-5-10(13)12(14)15-6-9/h5-8H,4H2,1-3H3. The summed E-state index contributed by atoms with van der Waals surface area (Å²) in [5.74, 6) is 0.349. The van der Waals surface area contributed by atoms with Crippen LogP contribution >= 0.6 is 35.4 Å². The Balaban J connectivity index is 2.73. The summed E-state index contributed by atoms with van der Waals surface area (Å²) in [6.07, 6.45) is 2.59. The lowest BCUT2D eigenvalue weighted by Crippen LogP contribution is -2.19. The molecule has 0 N–H and O–H groups in total. The third kappa shape index (κ3) is 4.18. The van der Waals surface area contributed by atoms with Gasteiger partial charge in [0.2, 0.25) is 0 Å². The molecule has 0 saturated heterocycles. The molecule has 0 aliphatic rings. The van der Waals surface area contributed by atoms with Crippen LogP contribution in [0.3, 0.4) is 0 Å². The van der Waals surface area contributed by atoms with Gasteiger partial charge in [0, 0.05) is 23.7 Å². The quantitative estimate of drug-likeness (QED) is 0.462. The zero-order valence-corrected chi connectivity index (χ0v) is 12.4. The number of rotatable bonds is 5. The molecule has 0 amide bonds. The number of halogens is 2. The Hall–Kier alpha value is -0.220. The van der Waals surface area contributed by atoms with Crippen molar-refractivity contribution in [2.24, 2.45) is 5.92 Å². The van der Waals surface area contributed by atoms with Crippen molar-refractivity contribution in [2.75, 3.05) is 7.11 Å². The van der Waals surface area contributed by atoms with Gasteiger partial charge in [-0.3, -0.25) is 0 Å². The maximum atomic E-state index is 5.91. The fourth-order valence-electron chi connectivity index (χ4n) is 1.38. The van der Waals surface area contributed by atoms with E-state index in [2.05, 4.69) is 11.9 Å². The van der Waals surface area contributed by atoms with Crippen LogP contribution in [-0.2, 0) is 4.74 Å². The van der Waals surface area contributed by atoms with E-state index in [1.54, 1.807) is 19.4 Å². The minimum Gasteiger partial charge on any atom is -0.381 e. The molecule has 0 spiro atoms. The van der Waals surface area contributed by atoms with Crippen molar-refractivity contribution < 1.29 is 4.74 Å². The molecule has 5 heteroatoms. The summed E-state index contributed by atoms with van der Waals surface area (Å²) in [5.41, 5.74) is 0.851. The molecule has 0 bridgehead atoms. The van der Waals surface area contributed by atoms with E-state index >= 15 is 0 Å². The summed E-state index contributed by atoms with van der Waals surface area (Å²) in [4.78, 5) is 4.81. The number of hydrogen-bond acceptors (Lipinski definition) is 3. The summed E-state index contributed by atoms with van der Waals surface area (Å²) < 4.78 is 5.27. The summed E-state index contributed by atoms with van der Waals surface area (Å²) >= 11 is 17.0. The lowest BCUT2D eigenvalue weighted by Gasteiger charge is -2.18. The average molecular weight is 292 g/mol. The van der Waals surface area contributed by atoms with E-state index in [1.165, 1.54) is 0 Å². The van der Waals surface area contributed by atoms with Crippen molar-refractivity contribution in [3.05, 3.63) is 28.0 Å². The molecule has 1 heterocycles. The second-order valence-electron chi connectivity index (χ2n) is 4.04. The maximum absolute atomic E-state index is 5.91. The first-order valence-electron chi connectivity index (χ1n) is 5.32. The average Bonchev–Trinajstić information content (AvgIpc) is 2.31. The topological polar surface area (TPSA) is 22.1 Å². The van der Waals surface area contributed by atoms with Gasteiger partial charge in [-0.05, 0) is 25.3 Å². The van der Waals surface area contributed by atoms with Gasteiger partial charge in [-0.15, -0.1) is 0 Å². The smallest absolute Gasteiger partial charge is 0.147 e. The molecule has 0 aliphatic heterocycles. The van der Waals surface area contributed by atoms with Crippen molar-refractivity contribution >= 4 is 40.3 Å². The molecule has 2 nitrogen and oxygen atoms in total. The Morgan fingerprint density at radius 2 is 2.12 bits per heavy atom. The van der Waals surface area contributed by atoms with Crippen LogP contribution in [0.2, 0.25) is 10.2 Å². The number of thiocarbonyl (C=S) groups is 1. The third-order valence-corrected chi connectivity index (χ3v) is 3.89. The van der Waals surface area contributed by atoms with Gasteiger partial charge in [-0.1, -0.05) is 42.3 Å². The highest BCUT2D eigenvalue weighted by Crippen LogP contribution is 2.22. The normalized spacial score (nSPS) is 14.4. The second kappa shape index (κ2) is 6.64. The zero-order valence-electron chi connectivity index (χ0n) is 10.0. The van der Waals surface area contributed by atoms with Crippen molar-refractivity contribution in [2.45, 2.75) is 26.4 Å². The highest BCUT2D eigenvalue weighted by molar-refractivity contribution is 7.80. The number of pyridine rings is 1. The molecule has 17 heavy (non-hydrogen) atoms. The molecule has 1 rings (SSSR count). The van der Waals surface area contributed by atoms with Crippen molar-refractivity contribution in [1.82, 2.24) is 4.98 Å². The molecular weight excluding hydrogens is 277 g/mol. The van der Waals surface area contributed by atoms with E-state index in [9.17, 15) is 0 Å². The summed E-state index contributed by atoms with van der Waals surface area (Å²) in [7, 11) is 1.70. The Bertz CT molecular complexity index is 411.